The molecular weight excluding hydrogens is 278 g/mol. The minimum absolute atomic E-state index is 0.00275. The van der Waals surface area contributed by atoms with Gasteiger partial charge in [-0.25, -0.2) is 0 Å². The largest absolute Gasteiger partial charge is 0.352 e. The quantitative estimate of drug-likeness (QED) is 0.921. The van der Waals surface area contributed by atoms with Gasteiger partial charge in [0.2, 0.25) is 11.8 Å². The fraction of sp³-hybridized carbons (Fsp3) is 0.588. The molecule has 0 aromatic carbocycles. The lowest BCUT2D eigenvalue weighted by Crippen LogP contribution is -2.35. The molecule has 2 aliphatic rings. The zero-order valence-electron chi connectivity index (χ0n) is 12.8. The zero-order valence-corrected chi connectivity index (χ0v) is 12.8. The second-order valence-corrected chi connectivity index (χ2v) is 6.27. The van der Waals surface area contributed by atoms with Crippen molar-refractivity contribution in [1.82, 2.24) is 15.2 Å². The normalized spacial score (nSPS) is 24.5. The average molecular weight is 301 g/mol. The van der Waals surface area contributed by atoms with E-state index < -0.39 is 0 Å². The minimum Gasteiger partial charge on any atom is -0.352 e. The van der Waals surface area contributed by atoms with Crippen molar-refractivity contribution in [2.45, 2.75) is 38.6 Å². The second kappa shape index (κ2) is 6.90. The molecule has 2 heterocycles. The third-order valence-corrected chi connectivity index (χ3v) is 4.55. The van der Waals surface area contributed by atoms with Gasteiger partial charge in [0.05, 0.1) is 11.8 Å². The van der Waals surface area contributed by atoms with Gasteiger partial charge in [-0.15, -0.1) is 0 Å². The van der Waals surface area contributed by atoms with Crippen LogP contribution in [0.2, 0.25) is 0 Å². The summed E-state index contributed by atoms with van der Waals surface area (Å²) in [6, 6.07) is 3.78. The number of amides is 2. The summed E-state index contributed by atoms with van der Waals surface area (Å²) in [6.45, 7) is 2.20. The van der Waals surface area contributed by atoms with Crippen LogP contribution in [0.4, 0.5) is 0 Å². The number of hydrogen-bond acceptors (Lipinski definition) is 3. The third-order valence-electron chi connectivity index (χ3n) is 4.55. The van der Waals surface area contributed by atoms with Crippen molar-refractivity contribution < 1.29 is 9.59 Å². The molecule has 1 saturated carbocycles. The van der Waals surface area contributed by atoms with Crippen LogP contribution in [0, 0.1) is 11.8 Å². The first-order chi connectivity index (χ1) is 10.8. The molecule has 1 saturated heterocycles. The molecule has 2 fully saturated rings. The smallest absolute Gasteiger partial charge is 0.226 e. The van der Waals surface area contributed by atoms with Crippen LogP contribution in [0.15, 0.2) is 24.5 Å². The summed E-state index contributed by atoms with van der Waals surface area (Å²) in [5, 5.41) is 2.91. The van der Waals surface area contributed by atoms with E-state index in [1.54, 1.807) is 12.4 Å². The van der Waals surface area contributed by atoms with Crippen molar-refractivity contribution in [3.05, 3.63) is 30.1 Å². The van der Waals surface area contributed by atoms with E-state index in [0.717, 1.165) is 31.5 Å². The summed E-state index contributed by atoms with van der Waals surface area (Å²) >= 11 is 0. The molecule has 22 heavy (non-hydrogen) atoms. The van der Waals surface area contributed by atoms with Gasteiger partial charge < -0.3 is 10.2 Å². The van der Waals surface area contributed by atoms with Gasteiger partial charge in [-0.2, -0.15) is 0 Å². The van der Waals surface area contributed by atoms with E-state index in [0.29, 0.717) is 13.0 Å². The summed E-state index contributed by atoms with van der Waals surface area (Å²) in [5.41, 5.74) is 0.979. The molecule has 2 atom stereocenters. The topological polar surface area (TPSA) is 62.3 Å². The van der Waals surface area contributed by atoms with E-state index >= 15 is 0 Å². The van der Waals surface area contributed by atoms with Gasteiger partial charge in [0.15, 0.2) is 0 Å². The van der Waals surface area contributed by atoms with E-state index in [9.17, 15) is 9.59 Å². The summed E-state index contributed by atoms with van der Waals surface area (Å²) in [7, 11) is 0. The number of nitrogens with one attached hydrogen (secondary N) is 1. The molecule has 1 aromatic rings. The Kier molecular flexibility index (Phi) is 4.71. The molecule has 1 aliphatic carbocycles. The van der Waals surface area contributed by atoms with Gasteiger partial charge in [-0.3, -0.25) is 14.6 Å². The Hall–Kier alpha value is -1.91. The molecule has 5 nitrogen and oxygen atoms in total. The number of carbonyl (C=O) groups is 2. The van der Waals surface area contributed by atoms with Crippen LogP contribution in [0.5, 0.6) is 0 Å². The molecule has 1 N–H and O–H groups in total. The van der Waals surface area contributed by atoms with Crippen LogP contribution in [-0.2, 0) is 16.1 Å². The maximum atomic E-state index is 12.4. The van der Waals surface area contributed by atoms with Gasteiger partial charge >= 0.3 is 0 Å². The fourth-order valence-corrected chi connectivity index (χ4v) is 3.11. The first-order valence-corrected chi connectivity index (χ1v) is 8.21. The Morgan fingerprint density at radius 2 is 1.95 bits per heavy atom. The van der Waals surface area contributed by atoms with Gasteiger partial charge in [0, 0.05) is 32.0 Å². The number of nitrogens with zero attached hydrogens (tertiary/aromatic N) is 2. The van der Waals surface area contributed by atoms with E-state index in [2.05, 4.69) is 10.3 Å². The molecule has 1 aliphatic heterocycles. The molecule has 0 spiro atoms. The van der Waals surface area contributed by atoms with Crippen LogP contribution in [0.3, 0.4) is 0 Å². The lowest BCUT2D eigenvalue weighted by Gasteiger charge is -2.20. The Morgan fingerprint density at radius 3 is 2.64 bits per heavy atom. The zero-order chi connectivity index (χ0) is 15.4. The lowest BCUT2D eigenvalue weighted by molar-refractivity contribution is -0.134. The number of aromatic nitrogens is 1. The van der Waals surface area contributed by atoms with Gasteiger partial charge in [0.25, 0.3) is 0 Å². The molecule has 0 bridgehead atoms. The van der Waals surface area contributed by atoms with Crippen molar-refractivity contribution in [3.63, 3.8) is 0 Å². The second-order valence-electron chi connectivity index (χ2n) is 6.27. The van der Waals surface area contributed by atoms with Crippen molar-refractivity contribution in [1.29, 1.82) is 0 Å². The predicted molar refractivity (Wildman–Crippen MR) is 82.7 cm³/mol. The maximum absolute atomic E-state index is 12.4. The SMILES string of the molecule is O=C(NCc1cccnc1)C1CC1C(=O)N1CCCCCC1. The molecule has 3 rings (SSSR count). The number of likely N-dealkylation sites (tertiary alicyclic amines) is 1. The van der Waals surface area contributed by atoms with E-state index in [-0.39, 0.29) is 23.7 Å². The van der Waals surface area contributed by atoms with Gasteiger partial charge in [-0.1, -0.05) is 18.9 Å². The Labute approximate surface area is 131 Å². The Morgan fingerprint density at radius 1 is 1.18 bits per heavy atom. The van der Waals surface area contributed by atoms with Gasteiger partial charge in [-0.05, 0) is 30.9 Å². The van der Waals surface area contributed by atoms with Crippen LogP contribution in [0.25, 0.3) is 0 Å². The first kappa shape index (κ1) is 15.0. The highest BCUT2D eigenvalue weighted by molar-refractivity contribution is 5.92. The van der Waals surface area contributed by atoms with E-state index in [1.165, 1.54) is 12.8 Å². The Balaban J connectivity index is 1.46. The predicted octanol–water partition coefficient (Wildman–Crippen LogP) is 1.74. The Bertz CT molecular complexity index is 524. The monoisotopic (exact) mass is 301 g/mol. The van der Waals surface area contributed by atoms with Crippen molar-refractivity contribution in [2.24, 2.45) is 11.8 Å². The van der Waals surface area contributed by atoms with E-state index in [4.69, 9.17) is 0 Å². The third kappa shape index (κ3) is 3.64. The molecule has 2 amide bonds. The summed E-state index contributed by atoms with van der Waals surface area (Å²) < 4.78 is 0. The highest BCUT2D eigenvalue weighted by Gasteiger charge is 2.49. The van der Waals surface area contributed by atoms with Crippen LogP contribution < -0.4 is 5.32 Å². The van der Waals surface area contributed by atoms with Crippen LogP contribution in [0.1, 0.15) is 37.7 Å². The summed E-state index contributed by atoms with van der Waals surface area (Å²) in [5.74, 6) is -0.0418. The maximum Gasteiger partial charge on any atom is 0.226 e. The van der Waals surface area contributed by atoms with Crippen LogP contribution >= 0.6 is 0 Å². The molecule has 0 radical (unpaired) electrons. The standard InChI is InChI=1S/C17H23N3O2/c21-16(19-12-13-6-5-7-18-11-13)14-10-15(14)17(22)20-8-3-1-2-4-9-20/h5-7,11,14-15H,1-4,8-10,12H2,(H,19,21). The number of hydrogen-bond donors (Lipinski definition) is 1. The van der Waals surface area contributed by atoms with E-state index in [1.807, 2.05) is 17.0 Å². The highest BCUT2D eigenvalue weighted by Crippen LogP contribution is 2.40. The molecule has 1 aromatic heterocycles. The van der Waals surface area contributed by atoms with Crippen LogP contribution in [-0.4, -0.2) is 34.8 Å². The number of carbonyl (C=O) groups excluding carboxylic acids is 2. The van der Waals surface area contributed by atoms with Crippen molar-refractivity contribution in [2.75, 3.05) is 13.1 Å². The molecular formula is C17H23N3O2. The first-order valence-electron chi connectivity index (χ1n) is 8.21. The molecule has 5 heteroatoms. The highest BCUT2D eigenvalue weighted by atomic mass is 16.2. The molecule has 118 valence electrons. The number of pyridine rings is 1. The molecule has 2 unspecified atom stereocenters. The van der Waals surface area contributed by atoms with Crippen molar-refractivity contribution >= 4 is 11.8 Å². The van der Waals surface area contributed by atoms with Crippen molar-refractivity contribution in [3.8, 4) is 0 Å². The summed E-state index contributed by atoms with van der Waals surface area (Å²) in [4.78, 5) is 30.6. The van der Waals surface area contributed by atoms with Gasteiger partial charge in [0.1, 0.15) is 0 Å². The minimum atomic E-state index is -0.132. The fourth-order valence-electron chi connectivity index (χ4n) is 3.11. The lowest BCUT2D eigenvalue weighted by atomic mass is 10.2. The number of rotatable bonds is 4. The average Bonchev–Trinajstić information content (AvgIpc) is 3.36. The summed E-state index contributed by atoms with van der Waals surface area (Å²) in [6.07, 6.45) is 8.77.